The van der Waals surface area contributed by atoms with Gasteiger partial charge in [0.15, 0.2) is 11.2 Å². The van der Waals surface area contributed by atoms with Crippen molar-refractivity contribution in [2.45, 2.75) is 25.7 Å². The molecule has 1 rings (SSSR count). The van der Waals surface area contributed by atoms with Crippen molar-refractivity contribution in [2.75, 3.05) is 40.6 Å². The molecule has 32 heavy (non-hydrogen) atoms. The van der Waals surface area contributed by atoms with Crippen molar-refractivity contribution in [1.29, 1.82) is 0 Å². The fourth-order valence-electron chi connectivity index (χ4n) is 3.06. The van der Waals surface area contributed by atoms with Gasteiger partial charge in [-0.2, -0.15) is 0 Å². The molecular formula is C21H27NO10. The van der Waals surface area contributed by atoms with Gasteiger partial charge in [-0.1, -0.05) is 12.1 Å². The summed E-state index contributed by atoms with van der Waals surface area (Å²) in [5, 5.41) is 11.3. The van der Waals surface area contributed by atoms with Gasteiger partial charge in [0.1, 0.15) is 24.9 Å². The summed E-state index contributed by atoms with van der Waals surface area (Å²) in [5.74, 6) is -4.90. The Kier molecular flexibility index (Phi) is 10.6. The number of carbonyl (C=O) groups excluding carboxylic acids is 4. The topological polar surface area (TPSA) is 148 Å². The predicted octanol–water partition coefficient (Wildman–Crippen LogP) is 1.40. The standard InChI is InChI=1S/C21H27NO10/c1-14(23)18(19(25)31-10-8-29-3)13-21(15(2)24,20(26)32-11-9-30-4)16-6-5-7-17(12-16)22(27)28/h5-7,12,18H,8-11,13H2,1-4H3/t18-,21-/m0/s1. The van der Waals surface area contributed by atoms with Crippen LogP contribution < -0.4 is 0 Å². The van der Waals surface area contributed by atoms with Crippen LogP contribution in [0, 0.1) is 16.0 Å². The summed E-state index contributed by atoms with van der Waals surface area (Å²) in [7, 11) is 2.78. The Morgan fingerprint density at radius 1 is 1.00 bits per heavy atom. The molecule has 0 amide bonds. The summed E-state index contributed by atoms with van der Waals surface area (Å²) in [5.41, 5.74) is -2.60. The number of non-ortho nitro benzene ring substituents is 1. The summed E-state index contributed by atoms with van der Waals surface area (Å²) in [4.78, 5) is 61.4. The van der Waals surface area contributed by atoms with Crippen LogP contribution in [0.15, 0.2) is 24.3 Å². The molecule has 0 radical (unpaired) electrons. The van der Waals surface area contributed by atoms with Crippen LogP contribution in [0.1, 0.15) is 25.8 Å². The van der Waals surface area contributed by atoms with E-state index in [2.05, 4.69) is 0 Å². The normalized spacial score (nSPS) is 13.5. The number of methoxy groups -OCH3 is 2. The molecule has 0 aliphatic carbocycles. The summed E-state index contributed by atoms with van der Waals surface area (Å²) in [6.07, 6.45) is -0.615. The van der Waals surface area contributed by atoms with Crippen LogP contribution in [0.3, 0.4) is 0 Å². The molecule has 0 unspecified atom stereocenters. The molecule has 2 atom stereocenters. The lowest BCUT2D eigenvalue weighted by Gasteiger charge is -2.31. The maximum absolute atomic E-state index is 13.2. The molecule has 0 spiro atoms. The number of esters is 2. The first-order valence-electron chi connectivity index (χ1n) is 9.70. The minimum Gasteiger partial charge on any atom is -0.463 e. The van der Waals surface area contributed by atoms with Gasteiger partial charge in [0, 0.05) is 26.4 Å². The zero-order valence-electron chi connectivity index (χ0n) is 18.5. The van der Waals surface area contributed by atoms with E-state index in [0.29, 0.717) is 0 Å². The highest BCUT2D eigenvalue weighted by atomic mass is 16.6. The number of carbonyl (C=O) groups is 4. The monoisotopic (exact) mass is 453 g/mol. The molecule has 0 saturated carbocycles. The van der Waals surface area contributed by atoms with Gasteiger partial charge >= 0.3 is 11.9 Å². The quantitative estimate of drug-likeness (QED) is 0.133. The Morgan fingerprint density at radius 3 is 2.09 bits per heavy atom. The van der Waals surface area contributed by atoms with Crippen LogP contribution in [-0.2, 0) is 43.5 Å². The number of hydrogen-bond donors (Lipinski definition) is 0. The first-order chi connectivity index (χ1) is 15.1. The second-order valence-electron chi connectivity index (χ2n) is 6.93. The number of ether oxygens (including phenoxy) is 4. The van der Waals surface area contributed by atoms with Gasteiger partial charge in [-0.05, 0) is 25.8 Å². The lowest BCUT2D eigenvalue weighted by molar-refractivity contribution is -0.384. The van der Waals surface area contributed by atoms with E-state index in [9.17, 15) is 29.3 Å². The zero-order chi connectivity index (χ0) is 24.3. The zero-order valence-corrected chi connectivity index (χ0v) is 18.5. The van der Waals surface area contributed by atoms with Crippen molar-refractivity contribution in [3.05, 3.63) is 39.9 Å². The van der Waals surface area contributed by atoms with Crippen LogP contribution in [0.5, 0.6) is 0 Å². The Labute approximate surface area is 185 Å². The van der Waals surface area contributed by atoms with E-state index < -0.39 is 46.2 Å². The lowest BCUT2D eigenvalue weighted by atomic mass is 9.70. The van der Waals surface area contributed by atoms with E-state index in [0.717, 1.165) is 19.9 Å². The van der Waals surface area contributed by atoms with E-state index >= 15 is 0 Å². The summed E-state index contributed by atoms with van der Waals surface area (Å²) < 4.78 is 19.9. The third-order valence-electron chi connectivity index (χ3n) is 4.84. The van der Waals surface area contributed by atoms with E-state index in [1.807, 2.05) is 0 Å². The predicted molar refractivity (Wildman–Crippen MR) is 110 cm³/mol. The van der Waals surface area contributed by atoms with Crippen molar-refractivity contribution in [3.8, 4) is 0 Å². The Balaban J connectivity index is 3.54. The number of Topliss-reactive ketones (excluding diaryl/α,β-unsaturated/α-hetero) is 2. The molecule has 0 heterocycles. The Morgan fingerprint density at radius 2 is 1.59 bits per heavy atom. The number of nitro benzene ring substituents is 1. The van der Waals surface area contributed by atoms with Crippen molar-refractivity contribution < 1.29 is 43.0 Å². The highest BCUT2D eigenvalue weighted by molar-refractivity contribution is 6.10. The van der Waals surface area contributed by atoms with Crippen molar-refractivity contribution in [3.63, 3.8) is 0 Å². The van der Waals surface area contributed by atoms with Gasteiger partial charge in [-0.15, -0.1) is 0 Å². The fourth-order valence-corrected chi connectivity index (χ4v) is 3.06. The third-order valence-corrected chi connectivity index (χ3v) is 4.84. The van der Waals surface area contributed by atoms with Crippen molar-refractivity contribution in [1.82, 2.24) is 0 Å². The third kappa shape index (κ3) is 6.66. The summed E-state index contributed by atoms with van der Waals surface area (Å²) in [6, 6.07) is 4.87. The summed E-state index contributed by atoms with van der Waals surface area (Å²) in [6.45, 7) is 1.98. The molecule has 0 saturated heterocycles. The number of benzene rings is 1. The molecule has 1 aromatic carbocycles. The number of nitrogens with zero attached hydrogens (tertiary/aromatic N) is 1. The number of rotatable bonds is 14. The second-order valence-corrected chi connectivity index (χ2v) is 6.93. The molecule has 11 heteroatoms. The van der Waals surface area contributed by atoms with Crippen LogP contribution in [0.25, 0.3) is 0 Å². The Bertz CT molecular complexity index is 853. The van der Waals surface area contributed by atoms with Crippen LogP contribution in [0.2, 0.25) is 0 Å². The average Bonchev–Trinajstić information content (AvgIpc) is 2.74. The molecule has 0 aromatic heterocycles. The van der Waals surface area contributed by atoms with E-state index in [1.165, 1.54) is 32.4 Å². The molecular weight excluding hydrogens is 426 g/mol. The first kappa shape index (κ1) is 26.9. The minimum atomic E-state index is -2.16. The first-order valence-corrected chi connectivity index (χ1v) is 9.70. The van der Waals surface area contributed by atoms with Gasteiger partial charge in [-0.3, -0.25) is 29.3 Å². The van der Waals surface area contributed by atoms with Crippen molar-refractivity contribution >= 4 is 29.2 Å². The van der Waals surface area contributed by atoms with E-state index in [1.54, 1.807) is 0 Å². The maximum atomic E-state index is 13.2. The molecule has 0 fully saturated rings. The van der Waals surface area contributed by atoms with Gasteiger partial charge in [0.05, 0.1) is 18.1 Å². The molecule has 11 nitrogen and oxygen atoms in total. The average molecular weight is 453 g/mol. The van der Waals surface area contributed by atoms with Crippen molar-refractivity contribution in [2.24, 2.45) is 5.92 Å². The van der Waals surface area contributed by atoms with Gasteiger partial charge < -0.3 is 18.9 Å². The highest BCUT2D eigenvalue weighted by Gasteiger charge is 2.51. The number of nitro groups is 1. The Hall–Kier alpha value is -3.18. The number of hydrogen-bond acceptors (Lipinski definition) is 10. The highest BCUT2D eigenvalue weighted by Crippen LogP contribution is 2.36. The SMILES string of the molecule is COCCOC(=O)[C@@H](C[C@@](C(C)=O)(C(=O)OCCOC)c1cccc([N+](=O)[O-])c1)C(C)=O. The second kappa shape index (κ2) is 12.6. The smallest absolute Gasteiger partial charge is 0.324 e. The summed E-state index contributed by atoms with van der Waals surface area (Å²) >= 11 is 0. The van der Waals surface area contributed by atoms with Gasteiger partial charge in [0.25, 0.3) is 5.69 Å². The van der Waals surface area contributed by atoms with E-state index in [-0.39, 0.29) is 37.7 Å². The van der Waals surface area contributed by atoms with Crippen LogP contribution in [0.4, 0.5) is 5.69 Å². The minimum absolute atomic E-state index is 0.0316. The van der Waals surface area contributed by atoms with Crippen LogP contribution >= 0.6 is 0 Å². The number of ketones is 2. The molecule has 0 N–H and O–H groups in total. The molecule has 1 aromatic rings. The lowest BCUT2D eigenvalue weighted by Crippen LogP contribution is -2.48. The molecule has 0 aliphatic rings. The molecule has 0 bridgehead atoms. The molecule has 0 aliphatic heterocycles. The van der Waals surface area contributed by atoms with Gasteiger partial charge in [0.2, 0.25) is 0 Å². The van der Waals surface area contributed by atoms with Crippen LogP contribution in [-0.4, -0.2) is 69.1 Å². The fraction of sp³-hybridized carbons (Fsp3) is 0.524. The largest absolute Gasteiger partial charge is 0.463 e. The maximum Gasteiger partial charge on any atom is 0.324 e. The van der Waals surface area contributed by atoms with Gasteiger partial charge in [-0.25, -0.2) is 0 Å². The molecule has 176 valence electrons. The van der Waals surface area contributed by atoms with E-state index in [4.69, 9.17) is 18.9 Å².